The van der Waals surface area contributed by atoms with Crippen molar-refractivity contribution in [3.63, 3.8) is 0 Å². The largest absolute Gasteiger partial charge is 0.507 e. The summed E-state index contributed by atoms with van der Waals surface area (Å²) >= 11 is 0. The fraction of sp³-hybridized carbons (Fsp3) is 0.211. The molecule has 0 fully saturated rings. The van der Waals surface area contributed by atoms with Gasteiger partial charge in [-0.1, -0.05) is 0 Å². The minimum atomic E-state index is -0.463. The first-order valence-electron chi connectivity index (χ1n) is 7.57. The van der Waals surface area contributed by atoms with E-state index in [1.165, 1.54) is 58.8 Å². The van der Waals surface area contributed by atoms with Gasteiger partial charge < -0.3 is 29.2 Å². The Kier molecular flexibility index (Phi) is 5.95. The van der Waals surface area contributed by atoms with Gasteiger partial charge in [-0.2, -0.15) is 0 Å². The number of benzene rings is 2. The van der Waals surface area contributed by atoms with Crippen molar-refractivity contribution in [2.75, 3.05) is 28.4 Å². The van der Waals surface area contributed by atoms with Crippen LogP contribution in [0.15, 0.2) is 36.4 Å². The van der Waals surface area contributed by atoms with E-state index in [1.807, 2.05) is 0 Å². The summed E-state index contributed by atoms with van der Waals surface area (Å²) < 4.78 is 20.7. The maximum atomic E-state index is 12.4. The highest BCUT2D eigenvalue weighted by Gasteiger charge is 2.16. The maximum Gasteiger partial charge on any atom is 0.203 e. The highest BCUT2D eigenvalue weighted by molar-refractivity contribution is 6.08. The van der Waals surface area contributed by atoms with E-state index < -0.39 is 5.78 Å². The Bertz CT molecular complexity index is 815. The summed E-state index contributed by atoms with van der Waals surface area (Å²) in [5.74, 6) is 0.413. The standard InChI is InChI=1S/C19H20O7/c1-23-16-7-11(5-6-13(16)20)14(21)10-15(22)12-8-17(24-2)19(26-4)18(9-12)25-3/h5-10,20,22H,1-4H3/b15-10-. The van der Waals surface area contributed by atoms with Crippen molar-refractivity contribution in [3.8, 4) is 28.7 Å². The minimum absolute atomic E-state index is 0.0816. The lowest BCUT2D eigenvalue weighted by Crippen LogP contribution is -1.99. The number of hydrogen-bond acceptors (Lipinski definition) is 7. The predicted octanol–water partition coefficient (Wildman–Crippen LogP) is 3.21. The molecule has 0 bridgehead atoms. The maximum absolute atomic E-state index is 12.4. The van der Waals surface area contributed by atoms with Crippen LogP contribution in [0, 0.1) is 0 Å². The molecule has 26 heavy (non-hydrogen) atoms. The molecular weight excluding hydrogens is 340 g/mol. The van der Waals surface area contributed by atoms with Crippen molar-refractivity contribution in [1.82, 2.24) is 0 Å². The van der Waals surface area contributed by atoms with E-state index in [0.717, 1.165) is 6.08 Å². The number of carbonyl (C=O) groups excluding carboxylic acids is 1. The Hall–Kier alpha value is -3.35. The molecule has 0 saturated carbocycles. The van der Waals surface area contributed by atoms with Gasteiger partial charge in [-0.15, -0.1) is 0 Å². The third-order valence-electron chi connectivity index (χ3n) is 3.69. The number of allylic oxidation sites excluding steroid dienone is 1. The van der Waals surface area contributed by atoms with E-state index in [1.54, 1.807) is 0 Å². The molecule has 2 rings (SSSR count). The van der Waals surface area contributed by atoms with Gasteiger partial charge >= 0.3 is 0 Å². The zero-order valence-electron chi connectivity index (χ0n) is 14.9. The molecule has 0 unspecified atom stereocenters. The van der Waals surface area contributed by atoms with Crippen LogP contribution in [0.1, 0.15) is 15.9 Å². The van der Waals surface area contributed by atoms with E-state index in [-0.39, 0.29) is 22.8 Å². The van der Waals surface area contributed by atoms with Crippen molar-refractivity contribution < 1.29 is 34.0 Å². The lowest BCUT2D eigenvalue weighted by atomic mass is 10.1. The summed E-state index contributed by atoms with van der Waals surface area (Å²) in [6, 6.07) is 7.21. The Morgan fingerprint density at radius 1 is 0.846 bits per heavy atom. The molecule has 0 aromatic heterocycles. The van der Waals surface area contributed by atoms with Gasteiger partial charge in [0.2, 0.25) is 5.75 Å². The van der Waals surface area contributed by atoms with Crippen molar-refractivity contribution in [2.45, 2.75) is 0 Å². The summed E-state index contributed by atoms with van der Waals surface area (Å²) in [4.78, 5) is 12.4. The van der Waals surface area contributed by atoms with Crippen LogP contribution in [0.5, 0.6) is 28.7 Å². The molecule has 7 nitrogen and oxygen atoms in total. The molecule has 138 valence electrons. The molecule has 7 heteroatoms. The summed E-state index contributed by atoms with van der Waals surface area (Å²) in [5.41, 5.74) is 0.567. The average Bonchev–Trinajstić information content (AvgIpc) is 2.66. The summed E-state index contributed by atoms with van der Waals surface area (Å²) in [7, 11) is 5.76. The fourth-order valence-corrected chi connectivity index (χ4v) is 2.35. The zero-order valence-corrected chi connectivity index (χ0v) is 14.9. The van der Waals surface area contributed by atoms with Crippen LogP contribution >= 0.6 is 0 Å². The Morgan fingerprint density at radius 2 is 1.38 bits per heavy atom. The quantitative estimate of drug-likeness (QED) is 0.445. The second kappa shape index (κ2) is 8.15. The average molecular weight is 360 g/mol. The summed E-state index contributed by atoms with van der Waals surface area (Å²) in [6.45, 7) is 0. The first-order chi connectivity index (χ1) is 12.4. The fourth-order valence-electron chi connectivity index (χ4n) is 2.35. The second-order valence-electron chi connectivity index (χ2n) is 5.19. The smallest absolute Gasteiger partial charge is 0.203 e. The molecule has 0 spiro atoms. The minimum Gasteiger partial charge on any atom is -0.507 e. The van der Waals surface area contributed by atoms with Crippen LogP contribution in [0.4, 0.5) is 0 Å². The van der Waals surface area contributed by atoms with Crippen molar-refractivity contribution in [3.05, 3.63) is 47.5 Å². The molecule has 2 aromatic rings. The lowest BCUT2D eigenvalue weighted by molar-refractivity contribution is 0.104. The molecular formula is C19H20O7. The van der Waals surface area contributed by atoms with Gasteiger partial charge in [0.1, 0.15) is 5.76 Å². The second-order valence-corrected chi connectivity index (χ2v) is 5.19. The number of rotatable bonds is 7. The molecule has 0 atom stereocenters. The molecule has 0 saturated heterocycles. The SMILES string of the molecule is COc1cc(C(=O)/C=C(\O)c2cc(OC)c(OC)c(OC)c2)ccc1O. The zero-order chi connectivity index (χ0) is 19.3. The number of ketones is 1. The van der Waals surface area contributed by atoms with E-state index in [0.29, 0.717) is 22.8 Å². The number of aliphatic hydroxyl groups is 1. The van der Waals surface area contributed by atoms with Crippen LogP contribution in [0.2, 0.25) is 0 Å². The molecule has 0 aliphatic heterocycles. The van der Waals surface area contributed by atoms with Crippen LogP contribution < -0.4 is 18.9 Å². The molecule has 0 aliphatic carbocycles. The number of ether oxygens (including phenoxy) is 4. The monoisotopic (exact) mass is 360 g/mol. The van der Waals surface area contributed by atoms with Crippen molar-refractivity contribution >= 4 is 11.5 Å². The van der Waals surface area contributed by atoms with Gasteiger partial charge in [-0.25, -0.2) is 0 Å². The van der Waals surface area contributed by atoms with E-state index >= 15 is 0 Å². The third kappa shape index (κ3) is 3.83. The Labute approximate surface area is 151 Å². The number of phenolic OH excluding ortho intramolecular Hbond substituents is 1. The molecule has 0 amide bonds. The Morgan fingerprint density at radius 3 is 1.88 bits per heavy atom. The van der Waals surface area contributed by atoms with Crippen molar-refractivity contribution in [2.24, 2.45) is 0 Å². The van der Waals surface area contributed by atoms with Gasteiger partial charge in [0.25, 0.3) is 0 Å². The summed E-state index contributed by atoms with van der Waals surface area (Å²) in [6.07, 6.45) is 1.06. The number of aliphatic hydroxyl groups excluding tert-OH is 1. The highest BCUT2D eigenvalue weighted by atomic mass is 16.5. The number of hydrogen-bond donors (Lipinski definition) is 2. The van der Waals surface area contributed by atoms with Gasteiger partial charge in [0.15, 0.2) is 28.8 Å². The highest BCUT2D eigenvalue weighted by Crippen LogP contribution is 2.39. The number of aromatic hydroxyl groups is 1. The number of phenols is 1. The predicted molar refractivity (Wildman–Crippen MR) is 95.7 cm³/mol. The van der Waals surface area contributed by atoms with Crippen LogP contribution in [0.25, 0.3) is 5.76 Å². The molecule has 2 aromatic carbocycles. The van der Waals surface area contributed by atoms with Crippen LogP contribution in [0.3, 0.4) is 0 Å². The molecule has 2 N–H and O–H groups in total. The summed E-state index contributed by atoms with van der Waals surface area (Å²) in [5, 5.41) is 19.9. The van der Waals surface area contributed by atoms with Gasteiger partial charge in [0.05, 0.1) is 28.4 Å². The van der Waals surface area contributed by atoms with Crippen LogP contribution in [-0.4, -0.2) is 44.4 Å². The van der Waals surface area contributed by atoms with Gasteiger partial charge in [0, 0.05) is 17.2 Å². The normalized spacial score (nSPS) is 11.0. The molecule has 0 radical (unpaired) electrons. The molecule has 0 heterocycles. The Balaban J connectivity index is 2.41. The van der Waals surface area contributed by atoms with Gasteiger partial charge in [-0.3, -0.25) is 4.79 Å². The first kappa shape index (κ1) is 19.0. The van der Waals surface area contributed by atoms with E-state index in [2.05, 4.69) is 0 Å². The van der Waals surface area contributed by atoms with Gasteiger partial charge in [-0.05, 0) is 30.3 Å². The van der Waals surface area contributed by atoms with Crippen LogP contribution in [-0.2, 0) is 0 Å². The lowest BCUT2D eigenvalue weighted by Gasteiger charge is -2.13. The third-order valence-corrected chi connectivity index (χ3v) is 3.69. The molecule has 0 aliphatic rings. The van der Waals surface area contributed by atoms with E-state index in [4.69, 9.17) is 18.9 Å². The van der Waals surface area contributed by atoms with Crippen molar-refractivity contribution in [1.29, 1.82) is 0 Å². The first-order valence-corrected chi connectivity index (χ1v) is 7.57. The topological polar surface area (TPSA) is 94.5 Å². The number of methoxy groups -OCH3 is 4. The number of carbonyl (C=O) groups is 1. The van der Waals surface area contributed by atoms with E-state index in [9.17, 15) is 15.0 Å².